The molecule has 0 bridgehead atoms. The summed E-state index contributed by atoms with van der Waals surface area (Å²) in [4.78, 5) is 26.0. The maximum Gasteiger partial charge on any atom is 0.306 e. The van der Waals surface area contributed by atoms with Crippen LogP contribution in [0.5, 0.6) is 0 Å². The lowest BCUT2D eigenvalue weighted by atomic mass is 10.0. The Morgan fingerprint density at radius 1 is 0.500 bits per heavy atom. The van der Waals surface area contributed by atoms with E-state index in [4.69, 9.17) is 4.74 Å². The second-order valence-electron chi connectivity index (χ2n) is 16.7. The van der Waals surface area contributed by atoms with Crippen molar-refractivity contribution in [1.82, 2.24) is 5.32 Å². The van der Waals surface area contributed by atoms with Crippen molar-refractivity contribution in [2.75, 3.05) is 6.61 Å². The molecule has 3 atom stereocenters. The van der Waals surface area contributed by atoms with Gasteiger partial charge in [0.05, 0.1) is 25.2 Å². The molecule has 0 aliphatic heterocycles. The average molecular weight is 860 g/mol. The molecule has 352 valence electrons. The summed E-state index contributed by atoms with van der Waals surface area (Å²) in [5.41, 5.74) is 0. The van der Waals surface area contributed by atoms with Gasteiger partial charge in [-0.25, -0.2) is 0 Å². The second kappa shape index (κ2) is 48.6. The van der Waals surface area contributed by atoms with Crippen LogP contribution in [0.25, 0.3) is 0 Å². The Kier molecular flexibility index (Phi) is 45.8. The summed E-state index contributed by atoms with van der Waals surface area (Å²) in [6.45, 7) is 6.15. The maximum absolute atomic E-state index is 13.2. The molecule has 0 saturated heterocycles. The lowest BCUT2D eigenvalue weighted by Gasteiger charge is -2.24. The Morgan fingerprint density at radius 3 is 1.37 bits per heavy atom. The molecule has 0 aromatic carbocycles. The lowest BCUT2D eigenvalue weighted by Crippen LogP contribution is -2.46. The molecule has 6 nitrogen and oxygen atoms in total. The van der Waals surface area contributed by atoms with Crippen molar-refractivity contribution >= 4 is 11.9 Å². The van der Waals surface area contributed by atoms with E-state index in [1.807, 2.05) is 79.0 Å². The number of carbonyl (C=O) groups excluding carboxylic acids is 2. The lowest BCUT2D eigenvalue weighted by molar-refractivity contribution is -0.150. The maximum atomic E-state index is 13.2. The Labute approximate surface area is 381 Å². The number of hydrogen-bond acceptors (Lipinski definition) is 5. The fraction of sp³-hybridized carbons (Fsp3) is 0.643. The van der Waals surface area contributed by atoms with Crippen molar-refractivity contribution in [3.63, 3.8) is 0 Å². The third-order valence-electron chi connectivity index (χ3n) is 10.8. The number of hydrogen-bond donors (Lipinski definition) is 3. The normalized spacial score (nSPS) is 14.2. The summed E-state index contributed by atoms with van der Waals surface area (Å²) in [5, 5.41) is 23.7. The van der Waals surface area contributed by atoms with Crippen LogP contribution in [-0.2, 0) is 14.3 Å². The first-order valence-electron chi connectivity index (χ1n) is 25.2. The van der Waals surface area contributed by atoms with Crippen LogP contribution >= 0.6 is 0 Å². The van der Waals surface area contributed by atoms with Gasteiger partial charge in [0.15, 0.2) is 0 Å². The minimum Gasteiger partial charge on any atom is -0.461 e. The summed E-state index contributed by atoms with van der Waals surface area (Å²) in [6.07, 6.45) is 66.0. The van der Waals surface area contributed by atoms with Crippen LogP contribution in [0.1, 0.15) is 207 Å². The predicted octanol–water partition coefficient (Wildman–Crippen LogP) is 15.1. The van der Waals surface area contributed by atoms with Gasteiger partial charge in [-0.15, -0.1) is 0 Å². The van der Waals surface area contributed by atoms with Crippen LogP contribution in [0.15, 0.2) is 109 Å². The quantitative estimate of drug-likeness (QED) is 0.0322. The zero-order chi connectivity index (χ0) is 45.2. The van der Waals surface area contributed by atoms with E-state index in [9.17, 15) is 19.8 Å². The number of aliphatic hydroxyl groups is 2. The molecule has 0 aliphatic rings. The summed E-state index contributed by atoms with van der Waals surface area (Å²) in [5.74, 6) is -0.644. The van der Waals surface area contributed by atoms with Gasteiger partial charge in [0.2, 0.25) is 5.91 Å². The number of nitrogens with one attached hydrogen (secondary N) is 1. The number of esters is 1. The minimum absolute atomic E-state index is 0.0347. The molecule has 0 rings (SSSR count). The highest BCUT2D eigenvalue weighted by Gasteiger charge is 2.23. The van der Waals surface area contributed by atoms with Crippen molar-refractivity contribution in [1.29, 1.82) is 0 Å². The zero-order valence-electron chi connectivity index (χ0n) is 40.0. The highest BCUT2D eigenvalue weighted by Crippen LogP contribution is 2.16. The first kappa shape index (κ1) is 58.5. The highest BCUT2D eigenvalue weighted by atomic mass is 16.5. The van der Waals surface area contributed by atoms with E-state index in [1.54, 1.807) is 0 Å². The zero-order valence-corrected chi connectivity index (χ0v) is 40.0. The van der Waals surface area contributed by atoms with E-state index < -0.39 is 18.2 Å². The first-order valence-corrected chi connectivity index (χ1v) is 25.2. The van der Waals surface area contributed by atoms with Crippen LogP contribution in [0, 0.1) is 0 Å². The molecule has 0 saturated carbocycles. The number of unbranched alkanes of at least 4 members (excludes halogenated alkanes) is 21. The van der Waals surface area contributed by atoms with Crippen molar-refractivity contribution in [2.45, 2.75) is 225 Å². The van der Waals surface area contributed by atoms with E-state index in [-0.39, 0.29) is 24.9 Å². The summed E-state index contributed by atoms with van der Waals surface area (Å²) >= 11 is 0. The number of allylic oxidation sites excluding steroid dienone is 17. The second-order valence-corrected chi connectivity index (χ2v) is 16.7. The molecule has 3 N–H and O–H groups in total. The molecule has 6 heteroatoms. The van der Waals surface area contributed by atoms with E-state index in [0.29, 0.717) is 19.3 Å². The Hall–Kier alpha value is -3.48. The largest absolute Gasteiger partial charge is 0.461 e. The fourth-order valence-corrected chi connectivity index (χ4v) is 7.05. The van der Waals surface area contributed by atoms with Crippen LogP contribution in [0.4, 0.5) is 0 Å². The van der Waals surface area contributed by atoms with Crippen LogP contribution in [0.2, 0.25) is 0 Å². The Morgan fingerprint density at radius 2 is 0.903 bits per heavy atom. The third kappa shape index (κ3) is 43.2. The summed E-state index contributed by atoms with van der Waals surface area (Å²) < 4.78 is 5.82. The summed E-state index contributed by atoms with van der Waals surface area (Å²) in [7, 11) is 0. The fourth-order valence-electron chi connectivity index (χ4n) is 7.05. The predicted molar refractivity (Wildman–Crippen MR) is 268 cm³/mol. The molecule has 0 spiro atoms. The number of rotatable bonds is 43. The standard InChI is InChI=1S/C56H93NO5/c1-4-7-10-13-16-19-22-24-26-27-29-30-33-36-39-42-45-48-54(59)53(51-58)57-55(60)50-52(47-44-41-38-35-32-21-18-15-12-9-6-3)62-56(61)49-46-43-40-37-34-31-28-25-23-20-17-14-11-8-5-2/h8-9,11-12,14-15,17-18,20-21,23,25,28,32,35,38,41,44,52-54,58-59H,4-7,10,13,16,19,22,24,26-27,29-31,33-34,36-37,39-40,42-43,45-51H2,1-3H3,(H,57,60)/b11-8+,12-9+,17-14+,18-15+,23-20+,28-25-,32-21-,38-35-,44-41+. The number of carbonyl (C=O) groups is 2. The molecule has 1 amide bonds. The molecule has 0 aliphatic carbocycles. The van der Waals surface area contributed by atoms with Crippen LogP contribution in [0.3, 0.4) is 0 Å². The monoisotopic (exact) mass is 860 g/mol. The third-order valence-corrected chi connectivity index (χ3v) is 10.8. The van der Waals surface area contributed by atoms with Crippen molar-refractivity contribution in [3.8, 4) is 0 Å². The molecule has 0 radical (unpaired) electrons. The Balaban J connectivity index is 4.65. The van der Waals surface area contributed by atoms with Gasteiger partial charge in [-0.2, -0.15) is 0 Å². The van der Waals surface area contributed by atoms with Gasteiger partial charge in [-0.3, -0.25) is 9.59 Å². The van der Waals surface area contributed by atoms with E-state index in [0.717, 1.165) is 70.6 Å². The summed E-state index contributed by atoms with van der Waals surface area (Å²) in [6, 6.07) is -0.751. The smallest absolute Gasteiger partial charge is 0.306 e. The molecular weight excluding hydrogens is 767 g/mol. The van der Waals surface area contributed by atoms with Gasteiger partial charge in [0.1, 0.15) is 6.10 Å². The van der Waals surface area contributed by atoms with Crippen LogP contribution in [-0.4, -0.2) is 46.9 Å². The van der Waals surface area contributed by atoms with Gasteiger partial charge >= 0.3 is 5.97 Å². The molecule has 0 aromatic rings. The number of amides is 1. The number of aliphatic hydroxyl groups excluding tert-OH is 2. The van der Waals surface area contributed by atoms with Gasteiger partial charge < -0.3 is 20.3 Å². The molecule has 3 unspecified atom stereocenters. The van der Waals surface area contributed by atoms with Gasteiger partial charge in [-0.05, 0) is 38.5 Å². The van der Waals surface area contributed by atoms with E-state index >= 15 is 0 Å². The van der Waals surface area contributed by atoms with E-state index in [2.05, 4.69) is 56.5 Å². The van der Waals surface area contributed by atoms with Gasteiger partial charge in [0.25, 0.3) is 0 Å². The number of ether oxygens (including phenoxy) is 1. The van der Waals surface area contributed by atoms with Crippen molar-refractivity contribution < 1.29 is 24.5 Å². The van der Waals surface area contributed by atoms with E-state index in [1.165, 1.54) is 89.9 Å². The van der Waals surface area contributed by atoms with Crippen LogP contribution < -0.4 is 5.32 Å². The molecule has 0 fully saturated rings. The SMILES string of the molecule is CC/C=C/C=C/C=C\C=C/C=C/CC(CC(=O)NC(CO)C(O)CCCCCCCCCCCCCCCCCCC)OC(=O)CCCCCCC\C=C/C=C/C=C/C=C/CC. The Bertz CT molecular complexity index is 1280. The topological polar surface area (TPSA) is 95.9 Å². The van der Waals surface area contributed by atoms with Gasteiger partial charge in [-0.1, -0.05) is 259 Å². The minimum atomic E-state index is -0.829. The molecule has 62 heavy (non-hydrogen) atoms. The molecule has 0 aromatic heterocycles. The average Bonchev–Trinajstić information content (AvgIpc) is 3.26. The first-order chi connectivity index (χ1) is 30.5. The van der Waals surface area contributed by atoms with Crippen molar-refractivity contribution in [3.05, 3.63) is 109 Å². The highest BCUT2D eigenvalue weighted by molar-refractivity contribution is 5.77. The molecule has 0 heterocycles. The molecular formula is C56H93NO5. The van der Waals surface area contributed by atoms with Crippen molar-refractivity contribution in [2.24, 2.45) is 0 Å². The van der Waals surface area contributed by atoms with Gasteiger partial charge in [0, 0.05) is 12.8 Å².